The van der Waals surface area contributed by atoms with E-state index in [0.717, 1.165) is 0 Å². The minimum atomic E-state index is -0.332. The molecular formula is C7H6BrClFN. The highest BCUT2D eigenvalue weighted by Crippen LogP contribution is 2.23. The quantitative estimate of drug-likeness (QED) is 0.591. The van der Waals surface area contributed by atoms with E-state index in [9.17, 15) is 4.39 Å². The van der Waals surface area contributed by atoms with Crippen molar-refractivity contribution in [3.63, 3.8) is 0 Å². The molecule has 1 aromatic carbocycles. The molecule has 2 N–H and O–H groups in total. The first-order valence-electron chi connectivity index (χ1n) is 2.94. The minimum absolute atomic E-state index is 0.257. The number of nitrogens with two attached hydrogens (primary N) is 1. The fourth-order valence-electron chi connectivity index (χ4n) is 0.715. The van der Waals surface area contributed by atoms with E-state index in [1.54, 1.807) is 0 Å². The van der Waals surface area contributed by atoms with Gasteiger partial charge in [-0.05, 0) is 12.1 Å². The molecule has 0 unspecified atom stereocenters. The van der Waals surface area contributed by atoms with Crippen LogP contribution in [0.5, 0.6) is 0 Å². The maximum atomic E-state index is 12.9. The Balaban J connectivity index is 3.21. The Morgan fingerprint density at radius 3 is 2.73 bits per heavy atom. The van der Waals surface area contributed by atoms with E-state index in [1.165, 1.54) is 12.1 Å². The average molecular weight is 238 g/mol. The highest BCUT2D eigenvalue weighted by atomic mass is 79.9. The van der Waals surface area contributed by atoms with Crippen LogP contribution in [0.2, 0.25) is 5.02 Å². The summed E-state index contributed by atoms with van der Waals surface area (Å²) in [6.07, 6.45) is 0. The van der Waals surface area contributed by atoms with Crippen LogP contribution >= 0.6 is 27.5 Å². The van der Waals surface area contributed by atoms with Gasteiger partial charge in [-0.2, -0.15) is 0 Å². The summed E-state index contributed by atoms with van der Waals surface area (Å²) in [6.45, 7) is 0. The standard InChI is InChI=1S/C7H6BrClFN/c8-3-4-1-7(11)5(9)2-6(4)10/h1-2H,3,11H2. The highest BCUT2D eigenvalue weighted by molar-refractivity contribution is 9.08. The molecule has 0 bridgehead atoms. The number of alkyl halides is 1. The van der Waals surface area contributed by atoms with E-state index in [2.05, 4.69) is 15.9 Å². The van der Waals surface area contributed by atoms with Crippen LogP contribution in [0.4, 0.5) is 10.1 Å². The van der Waals surface area contributed by atoms with E-state index in [1.807, 2.05) is 0 Å². The number of nitrogen functional groups attached to an aromatic ring is 1. The normalized spacial score (nSPS) is 10.1. The van der Waals surface area contributed by atoms with Crippen molar-refractivity contribution in [1.82, 2.24) is 0 Å². The van der Waals surface area contributed by atoms with Gasteiger partial charge in [0.2, 0.25) is 0 Å². The molecular weight excluding hydrogens is 232 g/mol. The summed E-state index contributed by atoms with van der Waals surface area (Å²) in [5.41, 5.74) is 6.37. The van der Waals surface area contributed by atoms with Crippen LogP contribution in [-0.4, -0.2) is 0 Å². The van der Waals surface area contributed by atoms with Crippen molar-refractivity contribution in [2.45, 2.75) is 5.33 Å². The summed E-state index contributed by atoms with van der Waals surface area (Å²) in [6, 6.07) is 2.74. The van der Waals surface area contributed by atoms with Crippen molar-refractivity contribution in [2.24, 2.45) is 0 Å². The highest BCUT2D eigenvalue weighted by Gasteiger charge is 2.04. The van der Waals surface area contributed by atoms with Crippen LogP contribution < -0.4 is 5.73 Å². The number of halogens is 3. The lowest BCUT2D eigenvalue weighted by Crippen LogP contribution is -1.92. The third kappa shape index (κ3) is 1.84. The third-order valence-corrected chi connectivity index (χ3v) is 2.24. The first-order chi connectivity index (χ1) is 5.15. The second kappa shape index (κ2) is 3.41. The monoisotopic (exact) mass is 237 g/mol. The Hall–Kier alpha value is -0.280. The van der Waals surface area contributed by atoms with Crippen LogP contribution in [-0.2, 0) is 5.33 Å². The molecule has 0 aliphatic carbocycles. The number of rotatable bonds is 1. The van der Waals surface area contributed by atoms with Gasteiger partial charge in [0.1, 0.15) is 5.82 Å². The second-order valence-corrected chi connectivity index (χ2v) is 3.07. The van der Waals surface area contributed by atoms with Crippen LogP contribution in [0.15, 0.2) is 12.1 Å². The molecule has 0 fully saturated rings. The molecule has 0 saturated heterocycles. The first-order valence-corrected chi connectivity index (χ1v) is 4.44. The van der Waals surface area contributed by atoms with Gasteiger partial charge in [-0.3, -0.25) is 0 Å². The molecule has 1 aromatic rings. The smallest absolute Gasteiger partial charge is 0.128 e. The van der Waals surface area contributed by atoms with Crippen molar-refractivity contribution in [3.8, 4) is 0 Å². The molecule has 0 heterocycles. The largest absolute Gasteiger partial charge is 0.398 e. The van der Waals surface area contributed by atoms with Gasteiger partial charge >= 0.3 is 0 Å². The lowest BCUT2D eigenvalue weighted by atomic mass is 10.2. The fourth-order valence-corrected chi connectivity index (χ4v) is 1.30. The van der Waals surface area contributed by atoms with Gasteiger partial charge in [0.05, 0.1) is 10.7 Å². The van der Waals surface area contributed by atoms with Gasteiger partial charge in [-0.15, -0.1) is 0 Å². The molecule has 0 amide bonds. The fraction of sp³-hybridized carbons (Fsp3) is 0.143. The predicted octanol–water partition coefficient (Wildman–Crippen LogP) is 2.96. The SMILES string of the molecule is Nc1cc(CBr)c(F)cc1Cl. The van der Waals surface area contributed by atoms with E-state index >= 15 is 0 Å². The zero-order valence-corrected chi connectivity index (χ0v) is 7.91. The molecule has 0 spiro atoms. The molecule has 0 aliphatic rings. The summed E-state index contributed by atoms with van der Waals surface area (Å²) < 4.78 is 12.9. The molecule has 4 heteroatoms. The van der Waals surface area contributed by atoms with E-state index in [4.69, 9.17) is 17.3 Å². The Morgan fingerprint density at radius 2 is 2.18 bits per heavy atom. The molecule has 11 heavy (non-hydrogen) atoms. The van der Waals surface area contributed by atoms with Gasteiger partial charge in [0, 0.05) is 10.9 Å². The van der Waals surface area contributed by atoms with Crippen LogP contribution in [0.25, 0.3) is 0 Å². The second-order valence-electron chi connectivity index (χ2n) is 2.10. The van der Waals surface area contributed by atoms with Crippen LogP contribution in [0.1, 0.15) is 5.56 Å². The van der Waals surface area contributed by atoms with Gasteiger partial charge in [-0.1, -0.05) is 27.5 Å². The average Bonchev–Trinajstić information content (AvgIpc) is 1.97. The van der Waals surface area contributed by atoms with Gasteiger partial charge in [0.25, 0.3) is 0 Å². The van der Waals surface area contributed by atoms with Crippen molar-refractivity contribution in [1.29, 1.82) is 0 Å². The van der Waals surface area contributed by atoms with Gasteiger partial charge in [0.15, 0.2) is 0 Å². The van der Waals surface area contributed by atoms with E-state index in [0.29, 0.717) is 16.6 Å². The summed E-state index contributed by atoms with van der Waals surface area (Å²) in [4.78, 5) is 0. The van der Waals surface area contributed by atoms with Crippen molar-refractivity contribution in [2.75, 3.05) is 5.73 Å². The summed E-state index contributed by atoms with van der Waals surface area (Å²) in [5, 5.41) is 0.701. The summed E-state index contributed by atoms with van der Waals surface area (Å²) >= 11 is 8.69. The first kappa shape index (κ1) is 8.81. The molecule has 0 aromatic heterocycles. The van der Waals surface area contributed by atoms with Crippen LogP contribution in [0.3, 0.4) is 0 Å². The van der Waals surface area contributed by atoms with Gasteiger partial charge in [-0.25, -0.2) is 4.39 Å². The zero-order valence-electron chi connectivity index (χ0n) is 5.57. The molecule has 1 nitrogen and oxygen atoms in total. The minimum Gasteiger partial charge on any atom is -0.398 e. The number of hydrogen-bond acceptors (Lipinski definition) is 1. The topological polar surface area (TPSA) is 26.0 Å². The van der Waals surface area contributed by atoms with Crippen molar-refractivity contribution >= 4 is 33.2 Å². The Morgan fingerprint density at radius 1 is 1.55 bits per heavy atom. The van der Waals surface area contributed by atoms with E-state index < -0.39 is 0 Å². The molecule has 0 atom stereocenters. The molecule has 0 saturated carbocycles. The lowest BCUT2D eigenvalue weighted by molar-refractivity contribution is 0.618. The summed E-state index contributed by atoms with van der Waals surface area (Å²) in [5.74, 6) is -0.332. The molecule has 0 radical (unpaired) electrons. The van der Waals surface area contributed by atoms with Crippen molar-refractivity contribution < 1.29 is 4.39 Å². The van der Waals surface area contributed by atoms with Crippen LogP contribution in [0, 0.1) is 5.82 Å². The molecule has 1 rings (SSSR count). The zero-order chi connectivity index (χ0) is 8.43. The van der Waals surface area contributed by atoms with Crippen molar-refractivity contribution in [3.05, 3.63) is 28.5 Å². The summed E-state index contributed by atoms with van der Waals surface area (Å²) in [7, 11) is 0. The predicted molar refractivity (Wildman–Crippen MR) is 48.5 cm³/mol. The number of benzene rings is 1. The Labute approximate surface area is 77.5 Å². The molecule has 0 aliphatic heterocycles. The lowest BCUT2D eigenvalue weighted by Gasteiger charge is -2.01. The van der Waals surface area contributed by atoms with Gasteiger partial charge < -0.3 is 5.73 Å². The Bertz CT molecular complexity index is 277. The number of hydrogen-bond donors (Lipinski definition) is 1. The molecule has 60 valence electrons. The third-order valence-electron chi connectivity index (χ3n) is 1.31. The maximum absolute atomic E-state index is 12.9. The maximum Gasteiger partial charge on any atom is 0.128 e. The number of anilines is 1. The van der Waals surface area contributed by atoms with E-state index in [-0.39, 0.29) is 10.8 Å². The Kier molecular flexibility index (Phi) is 2.73.